The van der Waals surface area contributed by atoms with Gasteiger partial charge in [0.25, 0.3) is 0 Å². The number of aliphatic hydroxyl groups is 1. The maximum Gasteiger partial charge on any atom is 0.123 e. The van der Waals surface area contributed by atoms with Gasteiger partial charge in [0.2, 0.25) is 0 Å². The molecule has 2 atom stereocenters. The monoisotopic (exact) mass is 224 g/mol. The van der Waals surface area contributed by atoms with E-state index in [1.165, 1.54) is 0 Å². The molecule has 0 bridgehead atoms. The van der Waals surface area contributed by atoms with E-state index >= 15 is 0 Å². The molecule has 1 aromatic rings. The van der Waals surface area contributed by atoms with Crippen molar-refractivity contribution in [3.05, 3.63) is 23.9 Å². The van der Waals surface area contributed by atoms with E-state index < -0.39 is 5.60 Å². The number of hydrogen-bond acceptors (Lipinski definition) is 4. The topological polar surface area (TPSA) is 59.1 Å². The van der Waals surface area contributed by atoms with Crippen molar-refractivity contribution in [1.82, 2.24) is 4.98 Å². The second kappa shape index (κ2) is 4.02. The lowest BCUT2D eigenvalue weighted by Crippen LogP contribution is -2.36. The number of nitrogens with two attached hydrogens (primary N) is 1. The van der Waals surface area contributed by atoms with Crippen molar-refractivity contribution in [1.29, 1.82) is 0 Å². The van der Waals surface area contributed by atoms with Gasteiger partial charge in [-0.15, -0.1) is 0 Å². The van der Waals surface area contributed by atoms with Crippen LogP contribution in [0, 0.1) is 0 Å². The predicted molar refractivity (Wildman–Crippen MR) is 63.8 cm³/mol. The Morgan fingerprint density at radius 2 is 2.53 bits per heavy atom. The Bertz CT molecular complexity index is 358. The molecule has 1 fully saturated rings. The van der Waals surface area contributed by atoms with Gasteiger partial charge in [0.15, 0.2) is 0 Å². The normalized spacial score (nSPS) is 30.7. The third-order valence-corrected chi connectivity index (χ3v) is 4.39. The summed E-state index contributed by atoms with van der Waals surface area (Å²) >= 11 is 1.83. The summed E-state index contributed by atoms with van der Waals surface area (Å²) in [5.74, 6) is 1.56. The summed E-state index contributed by atoms with van der Waals surface area (Å²) in [6, 6.07) is 3.76. The van der Waals surface area contributed by atoms with Crippen LogP contribution in [-0.4, -0.2) is 26.7 Å². The first-order valence-electron chi connectivity index (χ1n) is 5.14. The Hall–Kier alpha value is -0.740. The van der Waals surface area contributed by atoms with Crippen LogP contribution < -0.4 is 5.73 Å². The summed E-state index contributed by atoms with van der Waals surface area (Å²) in [6.07, 6.45) is 3.23. The van der Waals surface area contributed by atoms with Gasteiger partial charge in [-0.1, -0.05) is 6.92 Å². The van der Waals surface area contributed by atoms with Crippen LogP contribution in [0.2, 0.25) is 0 Å². The number of rotatable bonds is 2. The predicted octanol–water partition coefficient (Wildman–Crippen LogP) is 1.46. The molecular formula is C11H16N2OS. The van der Waals surface area contributed by atoms with E-state index in [0.29, 0.717) is 17.5 Å². The maximum absolute atomic E-state index is 10.4. The average molecular weight is 224 g/mol. The lowest BCUT2D eigenvalue weighted by Gasteiger charge is -2.26. The summed E-state index contributed by atoms with van der Waals surface area (Å²) in [6.45, 7) is 2.09. The Balaban J connectivity index is 2.14. The van der Waals surface area contributed by atoms with Gasteiger partial charge in [0.05, 0.1) is 5.60 Å². The smallest absolute Gasteiger partial charge is 0.123 e. The average Bonchev–Trinajstić information content (AvgIpc) is 2.47. The van der Waals surface area contributed by atoms with Crippen molar-refractivity contribution in [2.24, 2.45) is 0 Å². The zero-order valence-electron chi connectivity index (χ0n) is 8.81. The van der Waals surface area contributed by atoms with Crippen LogP contribution in [-0.2, 0) is 6.42 Å². The van der Waals surface area contributed by atoms with E-state index in [4.69, 9.17) is 5.73 Å². The molecule has 0 aliphatic carbocycles. The SMILES string of the molecule is CC1SCCC1(O)Cc1ccnc(N)c1. The molecule has 2 unspecified atom stereocenters. The first-order chi connectivity index (χ1) is 7.10. The first-order valence-corrected chi connectivity index (χ1v) is 6.19. The minimum atomic E-state index is -0.571. The van der Waals surface area contributed by atoms with Gasteiger partial charge >= 0.3 is 0 Å². The van der Waals surface area contributed by atoms with Crippen LogP contribution in [0.25, 0.3) is 0 Å². The van der Waals surface area contributed by atoms with Crippen LogP contribution in [0.3, 0.4) is 0 Å². The highest BCUT2D eigenvalue weighted by atomic mass is 32.2. The third-order valence-electron chi connectivity index (χ3n) is 3.02. The van der Waals surface area contributed by atoms with E-state index in [-0.39, 0.29) is 0 Å². The van der Waals surface area contributed by atoms with E-state index in [0.717, 1.165) is 17.7 Å². The number of pyridine rings is 1. The molecule has 1 aliphatic rings. The molecule has 82 valence electrons. The number of aromatic nitrogens is 1. The minimum Gasteiger partial charge on any atom is -0.388 e. The zero-order valence-corrected chi connectivity index (χ0v) is 9.63. The summed E-state index contributed by atoms with van der Waals surface area (Å²) in [5, 5.41) is 10.7. The molecule has 1 aromatic heterocycles. The summed E-state index contributed by atoms with van der Waals surface area (Å²) < 4.78 is 0. The van der Waals surface area contributed by atoms with E-state index in [9.17, 15) is 5.11 Å². The fourth-order valence-corrected chi connectivity index (χ4v) is 3.30. The number of hydrogen-bond donors (Lipinski definition) is 2. The van der Waals surface area contributed by atoms with Gasteiger partial charge < -0.3 is 10.8 Å². The van der Waals surface area contributed by atoms with Gasteiger partial charge in [-0.2, -0.15) is 11.8 Å². The van der Waals surface area contributed by atoms with E-state index in [1.54, 1.807) is 6.20 Å². The van der Waals surface area contributed by atoms with Crippen molar-refractivity contribution in [3.63, 3.8) is 0 Å². The molecule has 2 heterocycles. The van der Waals surface area contributed by atoms with Gasteiger partial charge in [-0.3, -0.25) is 0 Å². The Morgan fingerprint density at radius 3 is 3.13 bits per heavy atom. The number of thioether (sulfide) groups is 1. The molecule has 0 aromatic carbocycles. The minimum absolute atomic E-state index is 0.298. The highest BCUT2D eigenvalue weighted by molar-refractivity contribution is 8.00. The second-order valence-electron chi connectivity index (χ2n) is 4.13. The Morgan fingerprint density at radius 1 is 1.73 bits per heavy atom. The van der Waals surface area contributed by atoms with Gasteiger partial charge in [0.1, 0.15) is 5.82 Å². The molecule has 1 aliphatic heterocycles. The Kier molecular flexibility index (Phi) is 2.89. The van der Waals surface area contributed by atoms with Crippen LogP contribution in [0.4, 0.5) is 5.82 Å². The quantitative estimate of drug-likeness (QED) is 0.798. The standard InChI is InChI=1S/C11H16N2OS/c1-8-11(14,3-5-15-8)7-9-2-4-13-10(12)6-9/h2,4,6,8,14H,3,5,7H2,1H3,(H2,12,13). The molecule has 0 spiro atoms. The largest absolute Gasteiger partial charge is 0.388 e. The molecule has 15 heavy (non-hydrogen) atoms. The molecule has 3 nitrogen and oxygen atoms in total. The summed E-state index contributed by atoms with van der Waals surface area (Å²) in [4.78, 5) is 3.95. The van der Waals surface area contributed by atoms with Crippen molar-refractivity contribution < 1.29 is 5.11 Å². The maximum atomic E-state index is 10.4. The molecule has 2 rings (SSSR count). The lowest BCUT2D eigenvalue weighted by molar-refractivity contribution is 0.0464. The van der Waals surface area contributed by atoms with Gasteiger partial charge in [-0.05, 0) is 29.9 Å². The molecule has 4 heteroatoms. The van der Waals surface area contributed by atoms with Crippen LogP contribution in [0.1, 0.15) is 18.9 Å². The highest BCUT2D eigenvalue weighted by Gasteiger charge is 2.38. The Labute approximate surface area is 94.1 Å². The molecule has 0 radical (unpaired) electrons. The highest BCUT2D eigenvalue weighted by Crippen LogP contribution is 2.37. The molecule has 0 saturated carbocycles. The summed E-state index contributed by atoms with van der Waals surface area (Å²) in [5.41, 5.74) is 6.11. The number of nitrogen functional groups attached to an aromatic ring is 1. The molecule has 1 saturated heterocycles. The molecule has 3 N–H and O–H groups in total. The third kappa shape index (κ3) is 2.26. The fourth-order valence-electron chi connectivity index (χ4n) is 1.96. The van der Waals surface area contributed by atoms with Gasteiger partial charge in [-0.25, -0.2) is 4.98 Å². The fraction of sp³-hybridized carbons (Fsp3) is 0.545. The number of nitrogens with zero attached hydrogens (tertiary/aromatic N) is 1. The van der Waals surface area contributed by atoms with Crippen molar-refractivity contribution in [2.45, 2.75) is 30.6 Å². The number of anilines is 1. The van der Waals surface area contributed by atoms with E-state index in [2.05, 4.69) is 11.9 Å². The van der Waals surface area contributed by atoms with Crippen molar-refractivity contribution in [3.8, 4) is 0 Å². The molecular weight excluding hydrogens is 208 g/mol. The second-order valence-corrected chi connectivity index (χ2v) is 5.58. The first kappa shape index (κ1) is 10.8. The summed E-state index contributed by atoms with van der Waals surface area (Å²) in [7, 11) is 0. The van der Waals surface area contributed by atoms with Crippen molar-refractivity contribution in [2.75, 3.05) is 11.5 Å². The van der Waals surface area contributed by atoms with Crippen molar-refractivity contribution >= 4 is 17.6 Å². The van der Waals surface area contributed by atoms with Crippen LogP contribution in [0.5, 0.6) is 0 Å². The van der Waals surface area contributed by atoms with Crippen LogP contribution in [0.15, 0.2) is 18.3 Å². The van der Waals surface area contributed by atoms with Crippen LogP contribution >= 0.6 is 11.8 Å². The zero-order chi connectivity index (χ0) is 10.9. The van der Waals surface area contributed by atoms with E-state index in [1.807, 2.05) is 23.9 Å². The lowest BCUT2D eigenvalue weighted by atomic mass is 9.90. The van der Waals surface area contributed by atoms with Gasteiger partial charge in [0, 0.05) is 17.9 Å². The molecule has 0 amide bonds.